The highest BCUT2D eigenvalue weighted by Gasteiger charge is 2.19. The molecule has 1 unspecified atom stereocenters. The van der Waals surface area contributed by atoms with Gasteiger partial charge in [0.1, 0.15) is 13.2 Å². The second-order valence-electron chi connectivity index (χ2n) is 20.9. The topological polar surface area (TPSA) is 78.9 Å². The molecule has 0 fully saturated rings. The van der Waals surface area contributed by atoms with Gasteiger partial charge >= 0.3 is 17.9 Å². The molecule has 6 nitrogen and oxygen atoms in total. The summed E-state index contributed by atoms with van der Waals surface area (Å²) in [6.07, 6.45) is 84.0. The predicted octanol–water partition coefficient (Wildman–Crippen LogP) is 21.7. The molecular formula is C69H118O6. The third-order valence-corrected chi connectivity index (χ3v) is 13.5. The Morgan fingerprint density at radius 1 is 0.280 bits per heavy atom. The first-order valence-corrected chi connectivity index (χ1v) is 31.7. The van der Waals surface area contributed by atoms with E-state index in [-0.39, 0.29) is 31.1 Å². The largest absolute Gasteiger partial charge is 0.462 e. The number of allylic oxidation sites excluding steroid dienone is 16. The molecule has 0 radical (unpaired) electrons. The summed E-state index contributed by atoms with van der Waals surface area (Å²) in [6, 6.07) is 0. The van der Waals surface area contributed by atoms with Crippen LogP contribution in [0.3, 0.4) is 0 Å². The summed E-state index contributed by atoms with van der Waals surface area (Å²) in [6.45, 7) is 6.51. The molecule has 0 amide bonds. The van der Waals surface area contributed by atoms with Gasteiger partial charge in [0.2, 0.25) is 0 Å². The lowest BCUT2D eigenvalue weighted by Crippen LogP contribution is -2.30. The molecule has 0 rings (SSSR count). The lowest BCUT2D eigenvalue weighted by atomic mass is 10.1. The van der Waals surface area contributed by atoms with E-state index in [9.17, 15) is 14.4 Å². The molecule has 0 aromatic rings. The fourth-order valence-corrected chi connectivity index (χ4v) is 8.79. The molecule has 0 aromatic carbocycles. The molecule has 0 aliphatic heterocycles. The smallest absolute Gasteiger partial charge is 0.306 e. The Hall–Kier alpha value is -3.67. The molecule has 0 N–H and O–H groups in total. The highest BCUT2D eigenvalue weighted by molar-refractivity contribution is 5.71. The zero-order chi connectivity index (χ0) is 54.3. The number of carbonyl (C=O) groups excluding carboxylic acids is 3. The van der Waals surface area contributed by atoms with Crippen molar-refractivity contribution in [2.75, 3.05) is 13.2 Å². The first-order chi connectivity index (χ1) is 37.0. The van der Waals surface area contributed by atoms with Crippen LogP contribution in [0.1, 0.15) is 303 Å². The quantitative estimate of drug-likeness (QED) is 0.0261. The second kappa shape index (κ2) is 62.9. The minimum Gasteiger partial charge on any atom is -0.462 e. The van der Waals surface area contributed by atoms with Gasteiger partial charge in [-0.1, -0.05) is 259 Å². The standard InChI is InChI=1S/C69H118O6/c1-4-7-10-13-16-19-22-25-28-31-32-33-34-35-36-37-38-39-42-44-47-50-53-56-59-62-68(71)74-65-66(75-69(72)63-60-57-54-51-48-45-41-30-27-24-21-18-15-12-9-6-3)64-73-67(70)61-58-55-52-49-46-43-40-29-26-23-20-17-14-11-8-5-2/h7,10,16,19,21,24-25,28-30,32-33,35-36,40-41,66H,4-6,8-9,11-15,17-18,20,22-23,26-27,31,34,37-39,42-65H2,1-3H3/b10-7-,19-16-,24-21-,28-25-,33-32-,36-35-,40-29-,41-30-. The fourth-order valence-electron chi connectivity index (χ4n) is 8.79. The van der Waals surface area contributed by atoms with Gasteiger partial charge in [0.05, 0.1) is 0 Å². The molecule has 1 atom stereocenters. The van der Waals surface area contributed by atoms with E-state index < -0.39 is 6.10 Å². The number of ether oxygens (including phenoxy) is 3. The number of hydrogen-bond acceptors (Lipinski definition) is 6. The zero-order valence-corrected chi connectivity index (χ0v) is 49.3. The van der Waals surface area contributed by atoms with Crippen molar-refractivity contribution < 1.29 is 28.6 Å². The summed E-state index contributed by atoms with van der Waals surface area (Å²) < 4.78 is 16.9. The van der Waals surface area contributed by atoms with Crippen molar-refractivity contribution in [3.8, 4) is 0 Å². The van der Waals surface area contributed by atoms with Gasteiger partial charge in [-0.05, 0) is 122 Å². The Balaban J connectivity index is 4.38. The summed E-state index contributed by atoms with van der Waals surface area (Å²) in [7, 11) is 0. The Kier molecular flexibility index (Phi) is 59.8. The van der Waals surface area contributed by atoms with Crippen molar-refractivity contribution in [1.29, 1.82) is 0 Å². The number of esters is 3. The number of carbonyl (C=O) groups is 3. The monoisotopic (exact) mass is 1040 g/mol. The van der Waals surface area contributed by atoms with Gasteiger partial charge in [0, 0.05) is 19.3 Å². The second-order valence-corrected chi connectivity index (χ2v) is 20.9. The molecule has 6 heteroatoms. The Morgan fingerprint density at radius 2 is 0.520 bits per heavy atom. The van der Waals surface area contributed by atoms with Crippen LogP contribution in [0.5, 0.6) is 0 Å². The van der Waals surface area contributed by atoms with Crippen LogP contribution >= 0.6 is 0 Å². The molecule has 75 heavy (non-hydrogen) atoms. The SMILES string of the molecule is CC/C=C\C/C=C\C/C=C\C/C=C\C/C=C\CCCCCCCCCCCC(=O)OCC(COC(=O)CCCCCCC/C=C\CCCCCCCCC)OC(=O)CCCCCCC/C=C\C/C=C\CCCCCC. The van der Waals surface area contributed by atoms with Crippen LogP contribution < -0.4 is 0 Å². The molecule has 0 aliphatic carbocycles. The molecule has 0 saturated carbocycles. The van der Waals surface area contributed by atoms with Crippen LogP contribution in [-0.2, 0) is 28.6 Å². The Morgan fingerprint density at radius 3 is 0.840 bits per heavy atom. The van der Waals surface area contributed by atoms with Crippen molar-refractivity contribution in [3.63, 3.8) is 0 Å². The molecule has 430 valence electrons. The molecule has 0 heterocycles. The van der Waals surface area contributed by atoms with Crippen LogP contribution in [0.15, 0.2) is 97.2 Å². The van der Waals surface area contributed by atoms with Crippen LogP contribution in [0.2, 0.25) is 0 Å². The third kappa shape index (κ3) is 61.1. The Labute approximate surface area is 464 Å². The van der Waals surface area contributed by atoms with Gasteiger partial charge in [0.15, 0.2) is 6.10 Å². The van der Waals surface area contributed by atoms with E-state index in [1.54, 1.807) is 0 Å². The van der Waals surface area contributed by atoms with Crippen molar-refractivity contribution >= 4 is 17.9 Å². The van der Waals surface area contributed by atoms with E-state index in [0.29, 0.717) is 19.3 Å². The highest BCUT2D eigenvalue weighted by atomic mass is 16.6. The van der Waals surface area contributed by atoms with Gasteiger partial charge in [0.25, 0.3) is 0 Å². The fraction of sp³-hybridized carbons (Fsp3) is 0.725. The van der Waals surface area contributed by atoms with Crippen LogP contribution in [0.25, 0.3) is 0 Å². The van der Waals surface area contributed by atoms with Crippen LogP contribution in [0, 0.1) is 0 Å². The van der Waals surface area contributed by atoms with Crippen LogP contribution in [0.4, 0.5) is 0 Å². The number of rotatable bonds is 57. The van der Waals surface area contributed by atoms with Gasteiger partial charge in [-0.2, -0.15) is 0 Å². The first-order valence-electron chi connectivity index (χ1n) is 31.7. The molecule has 0 spiro atoms. The minimum absolute atomic E-state index is 0.0886. The van der Waals surface area contributed by atoms with Crippen molar-refractivity contribution in [3.05, 3.63) is 97.2 Å². The summed E-state index contributed by atoms with van der Waals surface area (Å²) in [5.74, 6) is -0.907. The predicted molar refractivity (Wildman–Crippen MR) is 325 cm³/mol. The van der Waals surface area contributed by atoms with Gasteiger partial charge in [-0.15, -0.1) is 0 Å². The third-order valence-electron chi connectivity index (χ3n) is 13.5. The molecule has 0 aliphatic rings. The maximum Gasteiger partial charge on any atom is 0.306 e. The summed E-state index contributed by atoms with van der Waals surface area (Å²) in [4.78, 5) is 38.3. The lowest BCUT2D eigenvalue weighted by Gasteiger charge is -2.18. The van der Waals surface area contributed by atoms with E-state index in [2.05, 4.69) is 118 Å². The van der Waals surface area contributed by atoms with E-state index >= 15 is 0 Å². The van der Waals surface area contributed by atoms with Gasteiger partial charge < -0.3 is 14.2 Å². The Bertz CT molecular complexity index is 1480. The van der Waals surface area contributed by atoms with Crippen molar-refractivity contribution in [2.24, 2.45) is 0 Å². The first kappa shape index (κ1) is 71.3. The van der Waals surface area contributed by atoms with E-state index in [1.165, 1.54) is 135 Å². The lowest BCUT2D eigenvalue weighted by molar-refractivity contribution is -0.167. The van der Waals surface area contributed by atoms with Crippen LogP contribution in [-0.4, -0.2) is 37.2 Å². The van der Waals surface area contributed by atoms with E-state index in [1.807, 2.05) is 0 Å². The minimum atomic E-state index is -0.793. The van der Waals surface area contributed by atoms with Gasteiger partial charge in [-0.3, -0.25) is 14.4 Å². The number of hydrogen-bond donors (Lipinski definition) is 0. The highest BCUT2D eigenvalue weighted by Crippen LogP contribution is 2.15. The van der Waals surface area contributed by atoms with Crippen molar-refractivity contribution in [2.45, 2.75) is 309 Å². The maximum absolute atomic E-state index is 12.9. The van der Waals surface area contributed by atoms with Gasteiger partial charge in [-0.25, -0.2) is 0 Å². The average molecular weight is 1040 g/mol. The van der Waals surface area contributed by atoms with E-state index in [4.69, 9.17) is 14.2 Å². The molecule has 0 bridgehead atoms. The number of unbranched alkanes of at least 4 members (excludes halogenated alkanes) is 30. The summed E-state index contributed by atoms with van der Waals surface area (Å²) >= 11 is 0. The summed E-state index contributed by atoms with van der Waals surface area (Å²) in [5.41, 5.74) is 0. The molecule has 0 saturated heterocycles. The average Bonchev–Trinajstić information content (AvgIpc) is 3.41. The zero-order valence-electron chi connectivity index (χ0n) is 49.3. The maximum atomic E-state index is 12.9. The van der Waals surface area contributed by atoms with Crippen molar-refractivity contribution in [1.82, 2.24) is 0 Å². The molecule has 0 aromatic heterocycles. The molecular weight excluding hydrogens is 925 g/mol. The van der Waals surface area contributed by atoms with E-state index in [0.717, 1.165) is 128 Å². The normalized spacial score (nSPS) is 12.7. The summed E-state index contributed by atoms with van der Waals surface area (Å²) in [5, 5.41) is 0.